The number of methoxy groups -OCH3 is 1. The van der Waals surface area contributed by atoms with Crippen molar-refractivity contribution in [2.24, 2.45) is 5.92 Å². The molecule has 0 aromatic heterocycles. The molecule has 0 spiro atoms. The van der Waals surface area contributed by atoms with Gasteiger partial charge in [0.1, 0.15) is 18.1 Å². The summed E-state index contributed by atoms with van der Waals surface area (Å²) in [5.41, 5.74) is 1.05. The Labute approximate surface area is 157 Å². The highest BCUT2D eigenvalue weighted by Gasteiger charge is 2.26. The van der Waals surface area contributed by atoms with Crippen LogP contribution in [0.4, 0.5) is 0 Å². The smallest absolute Gasteiger partial charge is 0.226 e. The van der Waals surface area contributed by atoms with E-state index in [2.05, 4.69) is 17.3 Å². The van der Waals surface area contributed by atoms with Crippen molar-refractivity contribution in [2.75, 3.05) is 33.9 Å². The Kier molecular flexibility index (Phi) is 6.78. The molecular formula is C21H32N2O3. The molecule has 0 bridgehead atoms. The zero-order valence-corrected chi connectivity index (χ0v) is 16.1. The summed E-state index contributed by atoms with van der Waals surface area (Å²) in [5, 5.41) is 3.09. The average molecular weight is 360 g/mol. The summed E-state index contributed by atoms with van der Waals surface area (Å²) in [5.74, 6) is 1.65. The topological polar surface area (TPSA) is 50.8 Å². The van der Waals surface area contributed by atoms with Gasteiger partial charge in [-0.05, 0) is 63.0 Å². The van der Waals surface area contributed by atoms with Gasteiger partial charge in [0.05, 0.1) is 13.0 Å². The first kappa shape index (κ1) is 19.0. The van der Waals surface area contributed by atoms with Gasteiger partial charge in [-0.2, -0.15) is 0 Å². The zero-order chi connectivity index (χ0) is 18.4. The number of nitrogens with zero attached hydrogens (tertiary/aromatic N) is 1. The molecule has 1 heterocycles. The molecule has 1 atom stereocenters. The molecule has 3 rings (SSSR count). The Morgan fingerprint density at radius 3 is 2.88 bits per heavy atom. The van der Waals surface area contributed by atoms with E-state index in [1.54, 1.807) is 7.11 Å². The standard InChI is InChI=1S/C21H32N2O3/c1-23(18-7-4-3-5-8-18)12-6-11-22-21(24)17-13-16-14-19(25-2)9-10-20(16)26-15-17/h9-10,14,17-18H,3-8,11-13,15H2,1-2H3,(H,22,24). The fraction of sp³-hybridized carbons (Fsp3) is 0.667. The molecule has 1 unspecified atom stereocenters. The van der Waals surface area contributed by atoms with Crippen molar-refractivity contribution < 1.29 is 14.3 Å². The van der Waals surface area contributed by atoms with Crippen LogP contribution in [-0.2, 0) is 11.2 Å². The summed E-state index contributed by atoms with van der Waals surface area (Å²) in [7, 11) is 3.87. The lowest BCUT2D eigenvalue weighted by Crippen LogP contribution is -2.39. The molecule has 1 saturated carbocycles. The van der Waals surface area contributed by atoms with Crippen molar-refractivity contribution in [3.05, 3.63) is 23.8 Å². The predicted octanol–water partition coefficient (Wildman–Crippen LogP) is 3.02. The van der Waals surface area contributed by atoms with Crippen LogP contribution in [0.5, 0.6) is 11.5 Å². The number of nitrogens with one attached hydrogen (secondary N) is 1. The van der Waals surface area contributed by atoms with E-state index >= 15 is 0 Å². The number of fused-ring (bicyclic) bond motifs is 1. The van der Waals surface area contributed by atoms with Crippen molar-refractivity contribution >= 4 is 5.91 Å². The number of hydrogen-bond acceptors (Lipinski definition) is 4. The zero-order valence-electron chi connectivity index (χ0n) is 16.1. The van der Waals surface area contributed by atoms with Crippen molar-refractivity contribution in [1.82, 2.24) is 10.2 Å². The third-order valence-electron chi connectivity index (χ3n) is 5.73. The normalized spacial score (nSPS) is 20.3. The lowest BCUT2D eigenvalue weighted by atomic mass is 9.94. The Morgan fingerprint density at radius 2 is 2.12 bits per heavy atom. The number of carbonyl (C=O) groups is 1. The van der Waals surface area contributed by atoms with Crippen LogP contribution >= 0.6 is 0 Å². The van der Waals surface area contributed by atoms with Crippen LogP contribution in [-0.4, -0.2) is 50.7 Å². The Morgan fingerprint density at radius 1 is 1.31 bits per heavy atom. The van der Waals surface area contributed by atoms with Crippen molar-refractivity contribution in [1.29, 1.82) is 0 Å². The van der Waals surface area contributed by atoms with Crippen LogP contribution in [0, 0.1) is 5.92 Å². The van der Waals surface area contributed by atoms with Gasteiger partial charge in [-0.3, -0.25) is 4.79 Å². The highest BCUT2D eigenvalue weighted by molar-refractivity contribution is 5.79. The average Bonchev–Trinajstić information content (AvgIpc) is 2.70. The third-order valence-corrected chi connectivity index (χ3v) is 5.73. The second kappa shape index (κ2) is 9.26. The Hall–Kier alpha value is -1.75. The predicted molar refractivity (Wildman–Crippen MR) is 103 cm³/mol. The second-order valence-corrected chi connectivity index (χ2v) is 7.60. The van der Waals surface area contributed by atoms with Crippen LogP contribution < -0.4 is 14.8 Å². The van der Waals surface area contributed by atoms with Crippen LogP contribution in [0.25, 0.3) is 0 Å². The summed E-state index contributed by atoms with van der Waals surface area (Å²) >= 11 is 0. The Balaban J connectivity index is 1.39. The molecule has 2 aliphatic rings. The SMILES string of the molecule is COc1ccc2c(c1)CC(C(=O)NCCCN(C)C1CCCCC1)CO2. The fourth-order valence-electron chi connectivity index (χ4n) is 4.06. The Bertz CT molecular complexity index is 599. The highest BCUT2D eigenvalue weighted by atomic mass is 16.5. The number of hydrogen-bond donors (Lipinski definition) is 1. The third kappa shape index (κ3) is 4.91. The van der Waals surface area contributed by atoms with E-state index in [0.717, 1.165) is 42.6 Å². The molecule has 1 aromatic rings. The van der Waals surface area contributed by atoms with Gasteiger partial charge in [-0.15, -0.1) is 0 Å². The molecule has 0 radical (unpaired) electrons. The van der Waals surface area contributed by atoms with Gasteiger partial charge in [-0.25, -0.2) is 0 Å². The van der Waals surface area contributed by atoms with Crippen LogP contribution in [0.3, 0.4) is 0 Å². The first-order chi connectivity index (χ1) is 12.7. The van der Waals surface area contributed by atoms with Crippen molar-refractivity contribution in [3.8, 4) is 11.5 Å². The van der Waals surface area contributed by atoms with Crippen LogP contribution in [0.1, 0.15) is 44.1 Å². The molecule has 0 saturated heterocycles. The van der Waals surface area contributed by atoms with E-state index in [1.165, 1.54) is 32.1 Å². The molecule has 1 amide bonds. The first-order valence-corrected chi connectivity index (χ1v) is 9.95. The van der Waals surface area contributed by atoms with Crippen LogP contribution in [0.2, 0.25) is 0 Å². The molecule has 1 aromatic carbocycles. The number of rotatable bonds is 7. The van der Waals surface area contributed by atoms with E-state index in [0.29, 0.717) is 13.0 Å². The lowest BCUT2D eigenvalue weighted by molar-refractivity contribution is -0.126. The quantitative estimate of drug-likeness (QED) is 0.760. The molecule has 1 aliphatic carbocycles. The van der Waals surface area contributed by atoms with Gasteiger partial charge in [0, 0.05) is 12.6 Å². The molecule has 1 fully saturated rings. The summed E-state index contributed by atoms with van der Waals surface area (Å²) in [6.07, 6.45) is 8.46. The number of amides is 1. The summed E-state index contributed by atoms with van der Waals surface area (Å²) in [6, 6.07) is 6.51. The van der Waals surface area contributed by atoms with Gasteiger partial charge < -0.3 is 19.7 Å². The summed E-state index contributed by atoms with van der Waals surface area (Å²) in [4.78, 5) is 14.9. The van der Waals surface area contributed by atoms with Gasteiger partial charge in [0.15, 0.2) is 0 Å². The minimum atomic E-state index is -0.120. The summed E-state index contributed by atoms with van der Waals surface area (Å²) in [6.45, 7) is 2.23. The molecule has 5 nitrogen and oxygen atoms in total. The second-order valence-electron chi connectivity index (χ2n) is 7.60. The van der Waals surface area contributed by atoms with Crippen molar-refractivity contribution in [2.45, 2.75) is 51.0 Å². The van der Waals surface area contributed by atoms with E-state index in [9.17, 15) is 4.79 Å². The fourth-order valence-corrected chi connectivity index (χ4v) is 4.06. The van der Waals surface area contributed by atoms with Crippen LogP contribution in [0.15, 0.2) is 18.2 Å². The molecule has 1 N–H and O–H groups in total. The van der Waals surface area contributed by atoms with Gasteiger partial charge in [-0.1, -0.05) is 19.3 Å². The van der Waals surface area contributed by atoms with Gasteiger partial charge >= 0.3 is 0 Å². The minimum Gasteiger partial charge on any atom is -0.497 e. The van der Waals surface area contributed by atoms with E-state index in [-0.39, 0.29) is 11.8 Å². The largest absolute Gasteiger partial charge is 0.497 e. The van der Waals surface area contributed by atoms with E-state index < -0.39 is 0 Å². The first-order valence-electron chi connectivity index (χ1n) is 9.95. The molecule has 144 valence electrons. The number of benzene rings is 1. The van der Waals surface area contributed by atoms with Gasteiger partial charge in [0.2, 0.25) is 5.91 Å². The van der Waals surface area contributed by atoms with E-state index in [1.807, 2.05) is 18.2 Å². The molecule has 26 heavy (non-hydrogen) atoms. The number of ether oxygens (including phenoxy) is 2. The maximum absolute atomic E-state index is 12.5. The highest BCUT2D eigenvalue weighted by Crippen LogP contribution is 2.30. The minimum absolute atomic E-state index is 0.0961. The maximum atomic E-state index is 12.5. The van der Waals surface area contributed by atoms with E-state index in [4.69, 9.17) is 9.47 Å². The molecule has 1 aliphatic heterocycles. The lowest BCUT2D eigenvalue weighted by Gasteiger charge is -2.31. The monoisotopic (exact) mass is 360 g/mol. The summed E-state index contributed by atoms with van der Waals surface area (Å²) < 4.78 is 11.0. The molecule has 5 heteroatoms. The maximum Gasteiger partial charge on any atom is 0.226 e. The molecular weight excluding hydrogens is 328 g/mol. The number of carbonyl (C=O) groups excluding carboxylic acids is 1. The van der Waals surface area contributed by atoms with Gasteiger partial charge in [0.25, 0.3) is 0 Å². The van der Waals surface area contributed by atoms with Crippen molar-refractivity contribution in [3.63, 3.8) is 0 Å².